The van der Waals surface area contributed by atoms with E-state index in [0.29, 0.717) is 24.5 Å². The zero-order chi connectivity index (χ0) is 20.1. The summed E-state index contributed by atoms with van der Waals surface area (Å²) in [6.07, 6.45) is 4.88. The second-order valence-electron chi connectivity index (χ2n) is 9.04. The number of anilines is 1. The molecule has 148 valence electrons. The van der Waals surface area contributed by atoms with Gasteiger partial charge >= 0.3 is 0 Å². The maximum absolute atomic E-state index is 12.8. The fraction of sp³-hybridized carbons (Fsp3) is 0.524. The third-order valence-electron chi connectivity index (χ3n) is 6.12. The zero-order valence-electron chi connectivity index (χ0n) is 16.7. The maximum Gasteiger partial charge on any atom is 0.255 e. The van der Waals surface area contributed by atoms with Gasteiger partial charge in [-0.2, -0.15) is 0 Å². The number of hydrogen-bond donors (Lipinski definition) is 2. The van der Waals surface area contributed by atoms with Crippen molar-refractivity contribution < 1.29 is 4.79 Å². The van der Waals surface area contributed by atoms with Crippen LogP contribution in [0.5, 0.6) is 0 Å². The fourth-order valence-electron chi connectivity index (χ4n) is 4.35. The van der Waals surface area contributed by atoms with Gasteiger partial charge in [-0.05, 0) is 37.8 Å². The molecule has 1 amide bonds. The van der Waals surface area contributed by atoms with E-state index in [-0.39, 0.29) is 22.3 Å². The summed E-state index contributed by atoms with van der Waals surface area (Å²) in [6.45, 7) is 7.48. The highest BCUT2D eigenvalue weighted by atomic mass is 16.2. The number of hydrogen-bond acceptors (Lipinski definition) is 5. The first-order valence-electron chi connectivity index (χ1n) is 9.85. The highest BCUT2D eigenvalue weighted by Crippen LogP contribution is 2.44. The first-order valence-corrected chi connectivity index (χ1v) is 9.85. The smallest absolute Gasteiger partial charge is 0.255 e. The van der Waals surface area contributed by atoms with Crippen LogP contribution >= 0.6 is 0 Å². The number of nitrogen functional groups attached to an aromatic ring is 1. The number of fused-ring (bicyclic) bond motifs is 2. The Morgan fingerprint density at radius 3 is 2.54 bits per heavy atom. The van der Waals surface area contributed by atoms with Crippen LogP contribution < -0.4 is 11.3 Å². The van der Waals surface area contributed by atoms with E-state index >= 15 is 0 Å². The van der Waals surface area contributed by atoms with Gasteiger partial charge in [-0.25, -0.2) is 9.97 Å². The minimum absolute atomic E-state index is 0.00162. The number of aromatic nitrogens is 3. The van der Waals surface area contributed by atoms with Gasteiger partial charge in [0.15, 0.2) is 0 Å². The van der Waals surface area contributed by atoms with Crippen molar-refractivity contribution in [1.29, 1.82) is 0 Å². The molecule has 3 N–H and O–H groups in total. The van der Waals surface area contributed by atoms with Crippen molar-refractivity contribution >= 4 is 11.7 Å². The molecule has 2 aliphatic rings. The van der Waals surface area contributed by atoms with Gasteiger partial charge in [0.1, 0.15) is 11.6 Å². The van der Waals surface area contributed by atoms with Crippen molar-refractivity contribution in [3.05, 3.63) is 51.3 Å². The van der Waals surface area contributed by atoms with Gasteiger partial charge in [0.25, 0.3) is 11.5 Å². The van der Waals surface area contributed by atoms with Gasteiger partial charge in [-0.1, -0.05) is 20.8 Å². The van der Waals surface area contributed by atoms with Crippen LogP contribution in [0.4, 0.5) is 5.82 Å². The lowest BCUT2D eigenvalue weighted by molar-refractivity contribution is 0.0663. The maximum atomic E-state index is 12.8. The molecular weight excluding hydrogens is 354 g/mol. The van der Waals surface area contributed by atoms with Crippen LogP contribution in [0.15, 0.2) is 23.1 Å². The minimum Gasteiger partial charge on any atom is -0.384 e. The van der Waals surface area contributed by atoms with Crippen molar-refractivity contribution in [2.45, 2.75) is 57.3 Å². The number of carbonyl (C=O) groups is 1. The predicted molar refractivity (Wildman–Crippen MR) is 107 cm³/mol. The van der Waals surface area contributed by atoms with Gasteiger partial charge < -0.3 is 15.6 Å². The first kappa shape index (κ1) is 18.7. The number of likely N-dealkylation sites (tertiary alicyclic amines) is 1. The molecule has 3 heterocycles. The average molecular weight is 381 g/mol. The molecule has 0 atom stereocenters. The summed E-state index contributed by atoms with van der Waals surface area (Å²) in [6, 6.07) is 3.37. The Balaban J connectivity index is 1.58. The van der Waals surface area contributed by atoms with Crippen molar-refractivity contribution in [3.63, 3.8) is 0 Å². The van der Waals surface area contributed by atoms with Crippen LogP contribution in [0.1, 0.15) is 67.5 Å². The highest BCUT2D eigenvalue weighted by Gasteiger charge is 2.45. The largest absolute Gasteiger partial charge is 0.384 e. The van der Waals surface area contributed by atoms with Crippen LogP contribution in [0.25, 0.3) is 0 Å². The summed E-state index contributed by atoms with van der Waals surface area (Å²) < 4.78 is 0. The number of nitrogens with two attached hydrogens (primary N) is 1. The number of amides is 1. The number of pyridine rings is 1. The van der Waals surface area contributed by atoms with Crippen LogP contribution in [0, 0.1) is 0 Å². The van der Waals surface area contributed by atoms with Gasteiger partial charge in [0, 0.05) is 35.7 Å². The van der Waals surface area contributed by atoms with E-state index in [2.05, 4.69) is 30.7 Å². The molecule has 0 bridgehead atoms. The molecule has 1 saturated heterocycles. The number of nitrogens with one attached hydrogen (secondary N) is 1. The molecule has 0 aromatic carbocycles. The summed E-state index contributed by atoms with van der Waals surface area (Å²) in [7, 11) is 0. The van der Waals surface area contributed by atoms with Crippen LogP contribution in [-0.4, -0.2) is 38.8 Å². The fourth-order valence-corrected chi connectivity index (χ4v) is 4.35. The van der Waals surface area contributed by atoms with Crippen LogP contribution in [-0.2, 0) is 17.3 Å². The van der Waals surface area contributed by atoms with E-state index in [1.807, 2.05) is 4.90 Å². The standard InChI is InChI=1S/C21H27N5O2/c1-20(2,3)19-24-16-14(17(27)25-19)6-7-21(16)8-10-26(11-9-21)18(28)13-4-5-15(22)23-12-13/h4-5,12H,6-11H2,1-3H3,(H2,22,23)(H,24,25,27). The molecule has 0 unspecified atom stereocenters. The van der Waals surface area contributed by atoms with Crippen molar-refractivity contribution in [3.8, 4) is 0 Å². The number of rotatable bonds is 1. The third kappa shape index (κ3) is 3.08. The number of piperidine rings is 1. The topological polar surface area (TPSA) is 105 Å². The normalized spacial score (nSPS) is 18.3. The molecule has 1 fully saturated rings. The Morgan fingerprint density at radius 2 is 1.93 bits per heavy atom. The summed E-state index contributed by atoms with van der Waals surface area (Å²) in [5.41, 5.74) is 7.65. The summed E-state index contributed by atoms with van der Waals surface area (Å²) in [5, 5.41) is 0. The highest BCUT2D eigenvalue weighted by molar-refractivity contribution is 5.94. The number of aromatic amines is 1. The monoisotopic (exact) mass is 381 g/mol. The summed E-state index contributed by atoms with van der Waals surface area (Å²) in [5.74, 6) is 1.13. The molecule has 1 aliphatic carbocycles. The average Bonchev–Trinajstić information content (AvgIpc) is 3.01. The van der Waals surface area contributed by atoms with E-state index in [1.54, 1.807) is 12.1 Å². The Morgan fingerprint density at radius 1 is 1.21 bits per heavy atom. The Bertz CT molecular complexity index is 964. The van der Waals surface area contributed by atoms with E-state index in [9.17, 15) is 9.59 Å². The second kappa shape index (κ2) is 6.43. The molecule has 1 spiro atoms. The molecule has 0 radical (unpaired) electrons. The molecule has 0 saturated carbocycles. The van der Waals surface area contributed by atoms with Crippen molar-refractivity contribution in [1.82, 2.24) is 19.9 Å². The molecule has 2 aromatic rings. The van der Waals surface area contributed by atoms with E-state index in [1.165, 1.54) is 6.20 Å². The minimum atomic E-state index is -0.212. The number of H-pyrrole nitrogens is 1. The second-order valence-corrected chi connectivity index (χ2v) is 9.04. The van der Waals surface area contributed by atoms with Gasteiger partial charge in [-0.15, -0.1) is 0 Å². The molecule has 2 aromatic heterocycles. The quantitative estimate of drug-likeness (QED) is 0.788. The lowest BCUT2D eigenvalue weighted by Gasteiger charge is -2.39. The molecule has 7 nitrogen and oxygen atoms in total. The zero-order valence-corrected chi connectivity index (χ0v) is 16.7. The van der Waals surface area contributed by atoms with Crippen molar-refractivity contribution in [2.24, 2.45) is 0 Å². The molecule has 7 heteroatoms. The van der Waals surface area contributed by atoms with Gasteiger partial charge in [0.05, 0.1) is 11.3 Å². The van der Waals surface area contributed by atoms with Gasteiger partial charge in [-0.3, -0.25) is 9.59 Å². The molecule has 28 heavy (non-hydrogen) atoms. The van der Waals surface area contributed by atoms with E-state index < -0.39 is 0 Å². The number of carbonyl (C=O) groups excluding carboxylic acids is 1. The van der Waals surface area contributed by atoms with Crippen LogP contribution in [0.2, 0.25) is 0 Å². The number of nitrogens with zero attached hydrogens (tertiary/aromatic N) is 3. The Kier molecular flexibility index (Phi) is 4.28. The Labute approximate surface area is 164 Å². The van der Waals surface area contributed by atoms with E-state index in [4.69, 9.17) is 10.7 Å². The Hall–Kier alpha value is -2.70. The third-order valence-corrected chi connectivity index (χ3v) is 6.12. The molecular formula is C21H27N5O2. The lowest BCUT2D eigenvalue weighted by atomic mass is 9.76. The predicted octanol–water partition coefficient (Wildman–Crippen LogP) is 2.16. The lowest BCUT2D eigenvalue weighted by Crippen LogP contribution is -2.45. The SMILES string of the molecule is CC(C)(C)c1nc2c(c(=O)[nH]1)CCC21CCN(C(=O)c2ccc(N)nc2)CC1. The molecule has 4 rings (SSSR count). The first-order chi connectivity index (χ1) is 13.2. The van der Waals surface area contributed by atoms with Crippen molar-refractivity contribution in [2.75, 3.05) is 18.8 Å². The summed E-state index contributed by atoms with van der Waals surface area (Å²) >= 11 is 0. The van der Waals surface area contributed by atoms with E-state index in [0.717, 1.165) is 42.8 Å². The van der Waals surface area contributed by atoms with Crippen LogP contribution in [0.3, 0.4) is 0 Å². The molecule has 1 aliphatic heterocycles. The van der Waals surface area contributed by atoms with Gasteiger partial charge in [0.2, 0.25) is 0 Å². The summed E-state index contributed by atoms with van der Waals surface area (Å²) in [4.78, 5) is 39.2.